The van der Waals surface area contributed by atoms with E-state index in [-0.39, 0.29) is 5.75 Å². The molecule has 0 bridgehead atoms. The second-order valence-corrected chi connectivity index (χ2v) is 6.40. The van der Waals surface area contributed by atoms with Gasteiger partial charge in [0.05, 0.1) is 11.4 Å². The van der Waals surface area contributed by atoms with Crippen molar-refractivity contribution >= 4 is 45.0 Å². The monoisotopic (exact) mass is 294 g/mol. The van der Waals surface area contributed by atoms with Gasteiger partial charge in [-0.05, 0) is 12.1 Å². The van der Waals surface area contributed by atoms with Crippen molar-refractivity contribution in [2.24, 2.45) is 5.73 Å². The van der Waals surface area contributed by atoms with Gasteiger partial charge < -0.3 is 5.73 Å². The molecule has 0 aromatic heterocycles. The van der Waals surface area contributed by atoms with Crippen LogP contribution in [0.3, 0.4) is 0 Å². The van der Waals surface area contributed by atoms with E-state index < -0.39 is 21.1 Å². The number of carbonyl (C=O) groups is 1. The molecule has 1 aromatic rings. The third-order valence-corrected chi connectivity index (χ3v) is 4.44. The number of nitrogens with two attached hydrogens (primary N) is 1. The highest BCUT2D eigenvalue weighted by Gasteiger charge is 2.11. The lowest BCUT2D eigenvalue weighted by molar-refractivity contribution is -0.115. The Labute approximate surface area is 109 Å². The first kappa shape index (κ1) is 14.1. The van der Waals surface area contributed by atoms with E-state index in [2.05, 4.69) is 4.72 Å². The van der Waals surface area contributed by atoms with Crippen molar-refractivity contribution in [1.29, 1.82) is 0 Å². The van der Waals surface area contributed by atoms with Crippen LogP contribution in [0.15, 0.2) is 29.2 Å². The standard InChI is InChI=1S/C9H11ClN2O3S2/c10-6-17(14,15)12-7-3-1-2-4-8(7)16-5-9(11)13/h1-4,12H,5-6H2,(H2,11,13). The zero-order valence-corrected chi connectivity index (χ0v) is 11.1. The molecule has 0 radical (unpaired) electrons. The van der Waals surface area contributed by atoms with Gasteiger partial charge in [0.25, 0.3) is 0 Å². The predicted octanol–water partition coefficient (Wildman–Crippen LogP) is 1.20. The number of para-hydroxylation sites is 1. The second-order valence-electron chi connectivity index (χ2n) is 3.08. The van der Waals surface area contributed by atoms with E-state index in [9.17, 15) is 13.2 Å². The first-order chi connectivity index (χ1) is 7.94. The lowest BCUT2D eigenvalue weighted by Gasteiger charge is -2.09. The minimum atomic E-state index is -3.55. The van der Waals surface area contributed by atoms with Crippen LogP contribution in [-0.2, 0) is 14.8 Å². The Bertz CT molecular complexity index is 505. The number of alkyl halides is 1. The molecule has 1 aromatic carbocycles. The molecule has 0 spiro atoms. The van der Waals surface area contributed by atoms with Gasteiger partial charge in [0, 0.05) is 4.90 Å². The van der Waals surface area contributed by atoms with Crippen molar-refractivity contribution in [2.75, 3.05) is 15.7 Å². The number of nitrogens with one attached hydrogen (secondary N) is 1. The van der Waals surface area contributed by atoms with Crippen molar-refractivity contribution in [3.8, 4) is 0 Å². The van der Waals surface area contributed by atoms with Crippen LogP contribution in [0.25, 0.3) is 0 Å². The Morgan fingerprint density at radius 2 is 2.06 bits per heavy atom. The fourth-order valence-corrected chi connectivity index (χ4v) is 2.56. The van der Waals surface area contributed by atoms with E-state index in [1.165, 1.54) is 0 Å². The number of hydrogen-bond donors (Lipinski definition) is 2. The van der Waals surface area contributed by atoms with Crippen LogP contribution in [0.5, 0.6) is 0 Å². The van der Waals surface area contributed by atoms with E-state index in [0.29, 0.717) is 10.6 Å². The third kappa shape index (κ3) is 4.84. The number of halogens is 1. The van der Waals surface area contributed by atoms with Gasteiger partial charge in [-0.1, -0.05) is 12.1 Å². The lowest BCUT2D eigenvalue weighted by atomic mass is 10.3. The van der Waals surface area contributed by atoms with Crippen molar-refractivity contribution in [1.82, 2.24) is 0 Å². The van der Waals surface area contributed by atoms with Gasteiger partial charge in [0.1, 0.15) is 5.21 Å². The molecule has 94 valence electrons. The van der Waals surface area contributed by atoms with Crippen LogP contribution in [-0.4, -0.2) is 25.3 Å². The highest BCUT2D eigenvalue weighted by molar-refractivity contribution is 8.00. The number of amides is 1. The van der Waals surface area contributed by atoms with Gasteiger partial charge in [-0.2, -0.15) is 0 Å². The molecule has 1 rings (SSSR count). The van der Waals surface area contributed by atoms with Gasteiger partial charge >= 0.3 is 0 Å². The number of benzene rings is 1. The molecule has 8 heteroatoms. The normalized spacial score (nSPS) is 11.1. The Balaban J connectivity index is 2.88. The molecule has 0 saturated carbocycles. The van der Waals surface area contributed by atoms with Gasteiger partial charge in [0.2, 0.25) is 15.9 Å². The van der Waals surface area contributed by atoms with E-state index in [4.69, 9.17) is 17.3 Å². The van der Waals surface area contributed by atoms with E-state index in [1.807, 2.05) is 0 Å². The maximum Gasteiger partial charge on any atom is 0.246 e. The zero-order valence-electron chi connectivity index (χ0n) is 8.72. The van der Waals surface area contributed by atoms with Crippen molar-refractivity contribution in [3.63, 3.8) is 0 Å². The number of primary amides is 1. The molecule has 0 saturated heterocycles. The summed E-state index contributed by atoms with van der Waals surface area (Å²) in [7, 11) is -3.55. The molecule has 0 atom stereocenters. The minimum Gasteiger partial charge on any atom is -0.369 e. The van der Waals surface area contributed by atoms with Gasteiger partial charge in [-0.3, -0.25) is 9.52 Å². The lowest BCUT2D eigenvalue weighted by Crippen LogP contribution is -2.15. The molecular weight excluding hydrogens is 284 g/mol. The summed E-state index contributed by atoms with van der Waals surface area (Å²) in [6.45, 7) is 0. The molecule has 0 aliphatic carbocycles. The van der Waals surface area contributed by atoms with Gasteiger partial charge in [-0.15, -0.1) is 23.4 Å². The molecule has 0 aliphatic heterocycles. The average Bonchev–Trinajstić information content (AvgIpc) is 2.27. The van der Waals surface area contributed by atoms with Crippen molar-refractivity contribution in [3.05, 3.63) is 24.3 Å². The van der Waals surface area contributed by atoms with E-state index in [0.717, 1.165) is 11.8 Å². The Hall–Kier alpha value is -0.920. The molecule has 0 heterocycles. The van der Waals surface area contributed by atoms with Gasteiger partial charge in [0.15, 0.2) is 0 Å². The van der Waals surface area contributed by atoms with Crippen molar-refractivity contribution in [2.45, 2.75) is 4.90 Å². The smallest absolute Gasteiger partial charge is 0.246 e. The topological polar surface area (TPSA) is 89.3 Å². The summed E-state index contributed by atoms with van der Waals surface area (Å²) in [5.74, 6) is -0.385. The Morgan fingerprint density at radius 1 is 1.41 bits per heavy atom. The Kier molecular flexibility index (Phi) is 5.10. The molecule has 17 heavy (non-hydrogen) atoms. The average molecular weight is 295 g/mol. The number of anilines is 1. The summed E-state index contributed by atoms with van der Waals surface area (Å²) in [6, 6.07) is 6.70. The maximum absolute atomic E-state index is 11.3. The quantitative estimate of drug-likeness (QED) is 0.609. The fourth-order valence-electron chi connectivity index (χ4n) is 1.02. The summed E-state index contributed by atoms with van der Waals surface area (Å²) in [5.41, 5.74) is 5.41. The zero-order chi connectivity index (χ0) is 12.9. The summed E-state index contributed by atoms with van der Waals surface area (Å²) in [4.78, 5) is 11.3. The highest BCUT2D eigenvalue weighted by atomic mass is 35.5. The van der Waals surface area contributed by atoms with Crippen LogP contribution in [0.2, 0.25) is 0 Å². The summed E-state index contributed by atoms with van der Waals surface area (Å²) >= 11 is 6.45. The SMILES string of the molecule is NC(=O)CSc1ccccc1NS(=O)(=O)CCl. The number of carbonyl (C=O) groups excluding carboxylic acids is 1. The number of thioether (sulfide) groups is 1. The van der Waals surface area contributed by atoms with Crippen LogP contribution in [0.1, 0.15) is 0 Å². The highest BCUT2D eigenvalue weighted by Crippen LogP contribution is 2.27. The number of rotatable bonds is 6. The predicted molar refractivity (Wildman–Crippen MR) is 69.6 cm³/mol. The van der Waals surface area contributed by atoms with E-state index >= 15 is 0 Å². The second kappa shape index (κ2) is 6.13. The summed E-state index contributed by atoms with van der Waals surface area (Å²) in [5, 5.41) is -0.526. The third-order valence-electron chi connectivity index (χ3n) is 1.67. The molecule has 0 aliphatic rings. The van der Waals surface area contributed by atoms with E-state index in [1.54, 1.807) is 24.3 Å². The summed E-state index contributed by atoms with van der Waals surface area (Å²) < 4.78 is 25.0. The van der Waals surface area contributed by atoms with Crippen LogP contribution in [0, 0.1) is 0 Å². The molecule has 5 nitrogen and oxygen atoms in total. The molecule has 1 amide bonds. The number of hydrogen-bond acceptors (Lipinski definition) is 4. The fraction of sp³-hybridized carbons (Fsp3) is 0.222. The molecule has 0 unspecified atom stereocenters. The molecule has 3 N–H and O–H groups in total. The minimum absolute atomic E-state index is 0.0830. The first-order valence-electron chi connectivity index (χ1n) is 4.51. The number of sulfonamides is 1. The van der Waals surface area contributed by atoms with Crippen LogP contribution >= 0.6 is 23.4 Å². The largest absolute Gasteiger partial charge is 0.369 e. The molecular formula is C9H11ClN2O3S2. The first-order valence-corrected chi connectivity index (χ1v) is 7.68. The van der Waals surface area contributed by atoms with Crippen LogP contribution in [0.4, 0.5) is 5.69 Å². The van der Waals surface area contributed by atoms with Crippen molar-refractivity contribution < 1.29 is 13.2 Å². The van der Waals surface area contributed by atoms with Crippen LogP contribution < -0.4 is 10.5 Å². The maximum atomic E-state index is 11.3. The molecule has 0 fully saturated rings. The van der Waals surface area contributed by atoms with Gasteiger partial charge in [-0.25, -0.2) is 8.42 Å². The summed E-state index contributed by atoms with van der Waals surface area (Å²) in [6.07, 6.45) is 0. The Morgan fingerprint density at radius 3 is 2.65 bits per heavy atom.